The molecule has 4 rings (SSSR count). The van der Waals surface area contributed by atoms with Crippen molar-refractivity contribution in [2.24, 2.45) is 11.8 Å². The SMILES string of the molecule is CC(C)Cc1cccc(COc2ccc3c(=O)c(CN4CC(C(=O)O)C4)cccc3c2)c1. The van der Waals surface area contributed by atoms with Gasteiger partial charge >= 0.3 is 5.97 Å². The van der Waals surface area contributed by atoms with Gasteiger partial charge in [-0.1, -0.05) is 56.3 Å². The maximum Gasteiger partial charge on any atom is 0.309 e. The lowest BCUT2D eigenvalue weighted by atomic mass is 9.99. The lowest BCUT2D eigenvalue weighted by molar-refractivity contribution is -0.147. The molecule has 1 saturated heterocycles. The van der Waals surface area contributed by atoms with Gasteiger partial charge in [0.25, 0.3) is 0 Å². The molecule has 3 aromatic carbocycles. The van der Waals surface area contributed by atoms with Crippen molar-refractivity contribution in [1.82, 2.24) is 4.90 Å². The van der Waals surface area contributed by atoms with E-state index in [1.54, 1.807) is 0 Å². The van der Waals surface area contributed by atoms with Crippen molar-refractivity contribution in [2.75, 3.05) is 13.1 Å². The molecule has 1 heterocycles. The Balaban J connectivity index is 1.47. The molecular weight excluding hydrogens is 402 g/mol. The molecule has 1 aliphatic heterocycles. The van der Waals surface area contributed by atoms with E-state index in [4.69, 9.17) is 9.84 Å². The van der Waals surface area contributed by atoms with Crippen LogP contribution in [0.5, 0.6) is 5.75 Å². The first-order valence-electron chi connectivity index (χ1n) is 11.1. The summed E-state index contributed by atoms with van der Waals surface area (Å²) in [7, 11) is 0. The minimum atomic E-state index is -0.771. The first kappa shape index (κ1) is 22.0. The van der Waals surface area contributed by atoms with Crippen LogP contribution in [0.15, 0.2) is 65.5 Å². The number of carbonyl (C=O) groups is 1. The van der Waals surface area contributed by atoms with E-state index in [2.05, 4.69) is 38.1 Å². The Morgan fingerprint density at radius 3 is 2.56 bits per heavy atom. The number of likely N-dealkylation sites (tertiary alicyclic amines) is 1. The van der Waals surface area contributed by atoms with Gasteiger partial charge in [-0.15, -0.1) is 0 Å². The predicted octanol–water partition coefficient (Wildman–Crippen LogP) is 4.49. The van der Waals surface area contributed by atoms with E-state index < -0.39 is 5.97 Å². The average Bonchev–Trinajstić information content (AvgIpc) is 2.87. The second-order valence-corrected chi connectivity index (χ2v) is 9.07. The summed E-state index contributed by atoms with van der Waals surface area (Å²) in [5, 5.41) is 10.5. The minimum Gasteiger partial charge on any atom is -0.489 e. The van der Waals surface area contributed by atoms with Crippen molar-refractivity contribution in [2.45, 2.75) is 33.4 Å². The summed E-state index contributed by atoms with van der Waals surface area (Å²) in [5.74, 6) is 0.237. The Labute approximate surface area is 188 Å². The van der Waals surface area contributed by atoms with Crippen LogP contribution in [0.4, 0.5) is 0 Å². The van der Waals surface area contributed by atoms with Crippen LogP contribution in [-0.2, 0) is 24.4 Å². The monoisotopic (exact) mass is 431 g/mol. The zero-order chi connectivity index (χ0) is 22.7. The summed E-state index contributed by atoms with van der Waals surface area (Å²) in [5.41, 5.74) is 3.10. The Morgan fingerprint density at radius 1 is 1.06 bits per heavy atom. The molecule has 0 saturated carbocycles. The van der Waals surface area contributed by atoms with Crippen LogP contribution >= 0.6 is 0 Å². The fourth-order valence-electron chi connectivity index (χ4n) is 4.20. The fraction of sp³-hybridized carbons (Fsp3) is 0.333. The number of nitrogens with zero attached hydrogens (tertiary/aromatic N) is 1. The van der Waals surface area contributed by atoms with E-state index in [0.717, 1.165) is 23.1 Å². The van der Waals surface area contributed by atoms with Crippen molar-refractivity contribution >= 4 is 16.7 Å². The quantitative estimate of drug-likeness (QED) is 0.569. The molecule has 0 atom stereocenters. The van der Waals surface area contributed by atoms with Gasteiger partial charge in [0.1, 0.15) is 12.4 Å². The molecule has 32 heavy (non-hydrogen) atoms. The molecule has 5 heteroatoms. The van der Waals surface area contributed by atoms with Gasteiger partial charge in [-0.05, 0) is 47.1 Å². The Kier molecular flexibility index (Phi) is 6.56. The number of benzene rings is 2. The third-order valence-electron chi connectivity index (χ3n) is 5.87. The minimum absolute atomic E-state index is 0.0169. The molecule has 5 nitrogen and oxygen atoms in total. The van der Waals surface area contributed by atoms with Crippen molar-refractivity contribution in [3.8, 4) is 5.75 Å². The van der Waals surface area contributed by atoms with Gasteiger partial charge in [0.05, 0.1) is 5.92 Å². The summed E-state index contributed by atoms with van der Waals surface area (Å²) >= 11 is 0. The number of fused-ring (bicyclic) bond motifs is 1. The lowest BCUT2D eigenvalue weighted by Gasteiger charge is -2.36. The predicted molar refractivity (Wildman–Crippen MR) is 126 cm³/mol. The molecule has 0 aromatic heterocycles. The number of carboxylic acids is 1. The largest absolute Gasteiger partial charge is 0.489 e. The number of ether oxygens (including phenoxy) is 1. The molecule has 1 aliphatic rings. The van der Waals surface area contributed by atoms with Gasteiger partial charge in [0, 0.05) is 30.6 Å². The average molecular weight is 432 g/mol. The molecule has 1 N–H and O–H groups in total. The summed E-state index contributed by atoms with van der Waals surface area (Å²) in [6.45, 7) is 6.35. The van der Waals surface area contributed by atoms with Crippen LogP contribution in [0.25, 0.3) is 10.8 Å². The summed E-state index contributed by atoms with van der Waals surface area (Å²) in [6, 6.07) is 19.7. The first-order chi connectivity index (χ1) is 15.4. The third kappa shape index (κ3) is 5.17. The van der Waals surface area contributed by atoms with E-state index in [9.17, 15) is 9.59 Å². The molecule has 0 spiro atoms. The molecule has 3 aromatic rings. The molecule has 0 unspecified atom stereocenters. The standard InChI is InChI=1S/C27H29NO4/c1-18(2)11-19-5-3-6-20(12-19)17-32-24-9-10-25-21(13-24)7-4-8-22(26(25)29)14-28-15-23(16-28)27(30)31/h3-10,12-13,18,23H,11,14-17H2,1-2H3,(H,30,31). The van der Waals surface area contributed by atoms with E-state index in [1.807, 2.05) is 41.3 Å². The second kappa shape index (κ2) is 9.53. The van der Waals surface area contributed by atoms with Crippen molar-refractivity contribution in [3.63, 3.8) is 0 Å². The van der Waals surface area contributed by atoms with Crippen LogP contribution in [-0.4, -0.2) is 29.1 Å². The van der Waals surface area contributed by atoms with E-state index in [0.29, 0.717) is 43.1 Å². The Morgan fingerprint density at radius 2 is 1.81 bits per heavy atom. The number of hydrogen-bond acceptors (Lipinski definition) is 4. The fourth-order valence-corrected chi connectivity index (χ4v) is 4.20. The highest BCUT2D eigenvalue weighted by atomic mass is 16.5. The van der Waals surface area contributed by atoms with Gasteiger partial charge in [0.2, 0.25) is 0 Å². The highest BCUT2D eigenvalue weighted by molar-refractivity contribution is 5.83. The molecule has 0 radical (unpaired) electrons. The zero-order valence-corrected chi connectivity index (χ0v) is 18.6. The van der Waals surface area contributed by atoms with E-state index in [1.165, 1.54) is 5.56 Å². The van der Waals surface area contributed by atoms with Crippen LogP contribution in [0.1, 0.15) is 30.5 Å². The summed E-state index contributed by atoms with van der Waals surface area (Å²) in [6.07, 6.45) is 1.04. The number of rotatable bonds is 8. The van der Waals surface area contributed by atoms with Crippen LogP contribution in [0, 0.1) is 11.8 Å². The first-order valence-corrected chi connectivity index (χ1v) is 11.1. The van der Waals surface area contributed by atoms with E-state index >= 15 is 0 Å². The highest BCUT2D eigenvalue weighted by Gasteiger charge is 2.32. The normalized spacial score (nSPS) is 14.5. The van der Waals surface area contributed by atoms with Crippen LogP contribution in [0.2, 0.25) is 0 Å². The Hall–Kier alpha value is -3.18. The van der Waals surface area contributed by atoms with Crippen molar-refractivity contribution < 1.29 is 14.6 Å². The molecule has 1 fully saturated rings. The maximum absolute atomic E-state index is 13.1. The van der Waals surface area contributed by atoms with Crippen LogP contribution < -0.4 is 10.2 Å². The highest BCUT2D eigenvalue weighted by Crippen LogP contribution is 2.22. The van der Waals surface area contributed by atoms with Gasteiger partial charge in [-0.25, -0.2) is 0 Å². The van der Waals surface area contributed by atoms with Crippen molar-refractivity contribution in [3.05, 3.63) is 87.6 Å². The van der Waals surface area contributed by atoms with Gasteiger partial charge in [-0.2, -0.15) is 0 Å². The third-order valence-corrected chi connectivity index (χ3v) is 5.87. The van der Waals surface area contributed by atoms with Crippen molar-refractivity contribution in [1.29, 1.82) is 0 Å². The summed E-state index contributed by atoms with van der Waals surface area (Å²) < 4.78 is 6.02. The van der Waals surface area contributed by atoms with Gasteiger partial charge in [0.15, 0.2) is 5.43 Å². The van der Waals surface area contributed by atoms with Gasteiger partial charge in [-0.3, -0.25) is 14.5 Å². The maximum atomic E-state index is 13.1. The van der Waals surface area contributed by atoms with Gasteiger partial charge < -0.3 is 9.84 Å². The molecular formula is C27H29NO4. The number of hydrogen-bond donors (Lipinski definition) is 1. The van der Waals surface area contributed by atoms with E-state index in [-0.39, 0.29) is 11.3 Å². The van der Waals surface area contributed by atoms with Crippen LogP contribution in [0.3, 0.4) is 0 Å². The lowest BCUT2D eigenvalue weighted by Crippen LogP contribution is -2.50. The smallest absolute Gasteiger partial charge is 0.309 e. The Bertz CT molecular complexity index is 1180. The number of aliphatic carboxylic acids is 1. The second-order valence-electron chi connectivity index (χ2n) is 9.07. The molecule has 0 aliphatic carbocycles. The molecule has 0 amide bonds. The molecule has 166 valence electrons. The zero-order valence-electron chi connectivity index (χ0n) is 18.6. The molecule has 0 bridgehead atoms. The summed E-state index contributed by atoms with van der Waals surface area (Å²) in [4.78, 5) is 26.0. The number of carboxylic acid groups (broad SMARTS) is 1. The topological polar surface area (TPSA) is 66.8 Å².